The van der Waals surface area contributed by atoms with Gasteiger partial charge < -0.3 is 9.59 Å². The van der Waals surface area contributed by atoms with Crippen LogP contribution in [-0.4, -0.2) is 36.5 Å². The minimum Gasteiger partial charge on any atom is -0.345 e. The van der Waals surface area contributed by atoms with Crippen LogP contribution < -0.4 is 0 Å². The maximum absolute atomic E-state index is 9.91. The van der Waals surface area contributed by atoms with Crippen molar-refractivity contribution >= 4 is 0 Å². The highest BCUT2D eigenvalue weighted by atomic mass is 16.3. The molecule has 0 radical (unpaired) electrons. The third-order valence-corrected chi connectivity index (χ3v) is 3.19. The first kappa shape index (κ1) is 13.9. The zero-order valence-corrected chi connectivity index (χ0v) is 10.4. The summed E-state index contributed by atoms with van der Waals surface area (Å²) in [4.78, 5) is 0. The van der Waals surface area contributed by atoms with Crippen LogP contribution in [0, 0.1) is 0 Å². The van der Waals surface area contributed by atoms with Crippen LogP contribution in [0.25, 0.3) is 0 Å². The molecule has 86 valence electrons. The lowest BCUT2D eigenvalue weighted by molar-refractivity contribution is -0.935. The number of hydrogen-bond acceptors (Lipinski definition) is 1. The topological polar surface area (TPSA) is 20.2 Å². The summed E-state index contributed by atoms with van der Waals surface area (Å²) >= 11 is 0. The van der Waals surface area contributed by atoms with E-state index < -0.39 is 0 Å². The van der Waals surface area contributed by atoms with Crippen LogP contribution in [-0.2, 0) is 0 Å². The maximum atomic E-state index is 9.91. The first-order valence-electron chi connectivity index (χ1n) is 6.05. The molecule has 0 bridgehead atoms. The predicted octanol–water partition coefficient (Wildman–Crippen LogP) is 2.76. The van der Waals surface area contributed by atoms with E-state index in [2.05, 4.69) is 27.9 Å². The van der Waals surface area contributed by atoms with Crippen molar-refractivity contribution in [2.75, 3.05) is 20.6 Å². The first-order chi connectivity index (χ1) is 6.54. The molecule has 0 saturated heterocycles. The minimum atomic E-state index is -0.179. The van der Waals surface area contributed by atoms with Crippen LogP contribution in [0.5, 0.6) is 0 Å². The number of aliphatic hydroxyl groups is 1. The van der Waals surface area contributed by atoms with Crippen LogP contribution in [0.4, 0.5) is 0 Å². The van der Waals surface area contributed by atoms with Gasteiger partial charge in [0.1, 0.15) is 0 Å². The summed E-state index contributed by atoms with van der Waals surface area (Å²) in [6, 6.07) is 0. The van der Waals surface area contributed by atoms with Crippen molar-refractivity contribution in [3.63, 3.8) is 0 Å². The van der Waals surface area contributed by atoms with Gasteiger partial charge in [0.2, 0.25) is 0 Å². The Morgan fingerprint density at radius 3 is 2.07 bits per heavy atom. The lowest BCUT2D eigenvalue weighted by Gasteiger charge is -2.33. The molecule has 0 aromatic carbocycles. The van der Waals surface area contributed by atoms with Gasteiger partial charge in [0.25, 0.3) is 0 Å². The highest BCUT2D eigenvalue weighted by Crippen LogP contribution is 2.12. The molecule has 1 atom stereocenters. The molecule has 0 aromatic rings. The molecule has 0 spiro atoms. The number of nitrogens with zero attached hydrogens (tertiary/aromatic N) is 1. The SMILES string of the molecule is CCCCCCCC(O)[N+](C)(C)CC. The third-order valence-electron chi connectivity index (χ3n) is 3.19. The Balaban J connectivity index is 3.48. The number of unbranched alkanes of at least 4 members (excludes halogenated alkanes) is 4. The zero-order valence-electron chi connectivity index (χ0n) is 10.4. The van der Waals surface area contributed by atoms with Gasteiger partial charge in [0, 0.05) is 6.42 Å². The molecule has 0 heterocycles. The van der Waals surface area contributed by atoms with Crippen LogP contribution in [0.3, 0.4) is 0 Å². The fourth-order valence-corrected chi connectivity index (χ4v) is 1.49. The zero-order chi connectivity index (χ0) is 11.0. The minimum absolute atomic E-state index is 0.179. The molecule has 0 fully saturated rings. The smallest absolute Gasteiger partial charge is 0.190 e. The van der Waals surface area contributed by atoms with Crippen molar-refractivity contribution in [3.05, 3.63) is 0 Å². The molecule has 14 heavy (non-hydrogen) atoms. The maximum Gasteiger partial charge on any atom is 0.190 e. The van der Waals surface area contributed by atoms with Crippen molar-refractivity contribution in [1.82, 2.24) is 0 Å². The molecule has 2 heteroatoms. The molecular formula is C12H28NO+. The summed E-state index contributed by atoms with van der Waals surface area (Å²) in [6.07, 6.45) is 7.16. The molecule has 0 aliphatic carbocycles. The molecule has 0 aliphatic rings. The quantitative estimate of drug-likeness (QED) is 0.364. The van der Waals surface area contributed by atoms with E-state index in [9.17, 15) is 5.11 Å². The summed E-state index contributed by atoms with van der Waals surface area (Å²) in [7, 11) is 4.19. The largest absolute Gasteiger partial charge is 0.345 e. The lowest BCUT2D eigenvalue weighted by atomic mass is 10.1. The van der Waals surface area contributed by atoms with E-state index >= 15 is 0 Å². The molecule has 0 saturated carbocycles. The highest BCUT2D eigenvalue weighted by molar-refractivity contribution is 4.47. The fourth-order valence-electron chi connectivity index (χ4n) is 1.49. The van der Waals surface area contributed by atoms with E-state index in [0.29, 0.717) is 0 Å². The number of rotatable bonds is 8. The van der Waals surface area contributed by atoms with Crippen molar-refractivity contribution in [2.45, 2.75) is 58.6 Å². The lowest BCUT2D eigenvalue weighted by Crippen LogP contribution is -2.48. The second-order valence-corrected chi connectivity index (χ2v) is 4.78. The Morgan fingerprint density at radius 2 is 1.57 bits per heavy atom. The molecule has 0 aliphatic heterocycles. The predicted molar refractivity (Wildman–Crippen MR) is 62.0 cm³/mol. The number of hydrogen-bond donors (Lipinski definition) is 1. The summed E-state index contributed by atoms with van der Waals surface area (Å²) in [5.41, 5.74) is 0. The fraction of sp³-hybridized carbons (Fsp3) is 1.00. The standard InChI is InChI=1S/C12H28NO/c1-5-7-8-9-10-11-12(14)13(3,4)6-2/h12,14H,5-11H2,1-4H3/q+1. The summed E-state index contributed by atoms with van der Waals surface area (Å²) in [5, 5.41) is 9.91. The molecule has 0 amide bonds. The summed E-state index contributed by atoms with van der Waals surface area (Å²) in [5.74, 6) is 0. The van der Waals surface area contributed by atoms with Crippen molar-refractivity contribution in [3.8, 4) is 0 Å². The van der Waals surface area contributed by atoms with E-state index in [1.165, 1.54) is 32.1 Å². The molecule has 0 aromatic heterocycles. The molecule has 0 rings (SSSR count). The van der Waals surface area contributed by atoms with Gasteiger partial charge in [-0.3, -0.25) is 0 Å². The summed E-state index contributed by atoms with van der Waals surface area (Å²) in [6.45, 7) is 5.35. The van der Waals surface area contributed by atoms with Gasteiger partial charge in [0.05, 0.1) is 20.6 Å². The van der Waals surface area contributed by atoms with Gasteiger partial charge in [-0.15, -0.1) is 0 Å². The van der Waals surface area contributed by atoms with Gasteiger partial charge >= 0.3 is 0 Å². The van der Waals surface area contributed by atoms with E-state index in [4.69, 9.17) is 0 Å². The van der Waals surface area contributed by atoms with Crippen LogP contribution in [0.15, 0.2) is 0 Å². The molecule has 1 N–H and O–H groups in total. The molecule has 1 unspecified atom stereocenters. The molecular weight excluding hydrogens is 174 g/mol. The van der Waals surface area contributed by atoms with Crippen LogP contribution >= 0.6 is 0 Å². The van der Waals surface area contributed by atoms with E-state index in [1.807, 2.05) is 0 Å². The Hall–Kier alpha value is -0.0800. The number of aliphatic hydroxyl groups excluding tert-OH is 1. The second kappa shape index (κ2) is 7.24. The number of quaternary nitrogens is 1. The highest BCUT2D eigenvalue weighted by Gasteiger charge is 2.22. The van der Waals surface area contributed by atoms with Crippen LogP contribution in [0.1, 0.15) is 52.4 Å². The second-order valence-electron chi connectivity index (χ2n) is 4.78. The van der Waals surface area contributed by atoms with E-state index in [0.717, 1.165) is 17.4 Å². The van der Waals surface area contributed by atoms with Crippen LogP contribution in [0.2, 0.25) is 0 Å². The van der Waals surface area contributed by atoms with Crippen molar-refractivity contribution < 1.29 is 9.59 Å². The normalized spacial score (nSPS) is 14.4. The van der Waals surface area contributed by atoms with Crippen molar-refractivity contribution in [1.29, 1.82) is 0 Å². The Kier molecular flexibility index (Phi) is 7.20. The average molecular weight is 202 g/mol. The van der Waals surface area contributed by atoms with Gasteiger partial charge in [-0.2, -0.15) is 0 Å². The average Bonchev–Trinajstić information content (AvgIpc) is 2.17. The van der Waals surface area contributed by atoms with Gasteiger partial charge in [-0.05, 0) is 13.3 Å². The van der Waals surface area contributed by atoms with Crippen molar-refractivity contribution in [2.24, 2.45) is 0 Å². The first-order valence-corrected chi connectivity index (χ1v) is 6.05. The third kappa shape index (κ3) is 5.61. The monoisotopic (exact) mass is 202 g/mol. The Labute approximate surface area is 89.5 Å². The van der Waals surface area contributed by atoms with Gasteiger partial charge in [-0.1, -0.05) is 32.6 Å². The summed E-state index contributed by atoms with van der Waals surface area (Å²) < 4.78 is 0.730. The van der Waals surface area contributed by atoms with Gasteiger partial charge in [-0.25, -0.2) is 0 Å². The molecule has 2 nitrogen and oxygen atoms in total. The Morgan fingerprint density at radius 1 is 1.00 bits per heavy atom. The van der Waals surface area contributed by atoms with E-state index in [-0.39, 0.29) is 6.23 Å². The van der Waals surface area contributed by atoms with E-state index in [1.54, 1.807) is 0 Å². The van der Waals surface area contributed by atoms with Gasteiger partial charge in [0.15, 0.2) is 6.23 Å². The Bertz CT molecular complexity index is 134.